The Hall–Kier alpha value is -3.86. The molecule has 32 heavy (non-hydrogen) atoms. The molecule has 5 nitrogen and oxygen atoms in total. The number of nitrogens with one attached hydrogen (secondary N) is 2. The van der Waals surface area contributed by atoms with E-state index in [4.69, 9.17) is 4.74 Å². The van der Waals surface area contributed by atoms with Crippen LogP contribution < -0.4 is 15.4 Å². The molecule has 164 valence electrons. The molecule has 0 aliphatic rings. The molecule has 0 aliphatic heterocycles. The molecule has 0 atom stereocenters. The van der Waals surface area contributed by atoms with Gasteiger partial charge < -0.3 is 15.4 Å². The highest BCUT2D eigenvalue weighted by molar-refractivity contribution is 6.05. The molecule has 0 fully saturated rings. The van der Waals surface area contributed by atoms with E-state index in [1.165, 1.54) is 11.6 Å². The van der Waals surface area contributed by atoms with Crippen LogP contribution in [0.1, 0.15) is 42.3 Å². The Morgan fingerprint density at radius 3 is 2.16 bits per heavy atom. The summed E-state index contributed by atoms with van der Waals surface area (Å²) in [7, 11) is 1.59. The first-order valence-electron chi connectivity index (χ1n) is 10.4. The summed E-state index contributed by atoms with van der Waals surface area (Å²) in [5, 5.41) is 5.69. The second-order valence-corrected chi connectivity index (χ2v) is 8.43. The van der Waals surface area contributed by atoms with E-state index in [9.17, 15) is 9.59 Å². The van der Waals surface area contributed by atoms with E-state index in [-0.39, 0.29) is 17.2 Å². The van der Waals surface area contributed by atoms with Crippen molar-refractivity contribution in [3.05, 3.63) is 95.6 Å². The Kier molecular flexibility index (Phi) is 7.11. The van der Waals surface area contributed by atoms with Crippen molar-refractivity contribution in [2.75, 3.05) is 17.7 Å². The first-order valence-corrected chi connectivity index (χ1v) is 10.4. The second kappa shape index (κ2) is 9.96. The lowest BCUT2D eigenvalue weighted by molar-refractivity contribution is -0.111. The summed E-state index contributed by atoms with van der Waals surface area (Å²) in [6.07, 6.45) is 3.14. The second-order valence-electron chi connectivity index (χ2n) is 8.43. The van der Waals surface area contributed by atoms with Crippen LogP contribution in [0.3, 0.4) is 0 Å². The van der Waals surface area contributed by atoms with Gasteiger partial charge in [-0.1, -0.05) is 57.2 Å². The van der Waals surface area contributed by atoms with Gasteiger partial charge in [0.25, 0.3) is 5.91 Å². The molecule has 0 heterocycles. The maximum atomic E-state index is 12.6. The van der Waals surface area contributed by atoms with E-state index in [0.29, 0.717) is 22.7 Å². The quantitative estimate of drug-likeness (QED) is 0.481. The van der Waals surface area contributed by atoms with Crippen LogP contribution in [0, 0.1) is 0 Å². The smallest absolute Gasteiger partial charge is 0.255 e. The van der Waals surface area contributed by atoms with Gasteiger partial charge in [-0.2, -0.15) is 0 Å². The topological polar surface area (TPSA) is 67.4 Å². The minimum Gasteiger partial charge on any atom is -0.496 e. The zero-order valence-electron chi connectivity index (χ0n) is 18.8. The van der Waals surface area contributed by atoms with E-state index >= 15 is 0 Å². The maximum absolute atomic E-state index is 12.6. The van der Waals surface area contributed by atoms with Crippen LogP contribution in [0.5, 0.6) is 5.75 Å². The SMILES string of the molecule is COc1ccccc1/C=C/C(=O)Nc1cccc(NC(=O)c2ccc(C(C)(C)C)cc2)c1. The fourth-order valence-corrected chi connectivity index (χ4v) is 3.15. The minimum absolute atomic E-state index is 0.0294. The number of anilines is 2. The standard InChI is InChI=1S/C27H28N2O3/c1-27(2,3)21-15-12-20(13-16-21)26(31)29-23-10-7-9-22(18-23)28-25(30)17-14-19-8-5-6-11-24(19)32-4/h5-18H,1-4H3,(H,28,30)(H,29,31)/b17-14+. The zero-order chi connectivity index (χ0) is 23.1. The molecule has 0 saturated carbocycles. The van der Waals surface area contributed by atoms with E-state index < -0.39 is 0 Å². The average Bonchev–Trinajstić information content (AvgIpc) is 2.77. The van der Waals surface area contributed by atoms with Gasteiger partial charge in [-0.05, 0) is 53.5 Å². The molecule has 0 unspecified atom stereocenters. The van der Waals surface area contributed by atoms with Gasteiger partial charge in [-0.15, -0.1) is 0 Å². The Labute approximate surface area is 189 Å². The number of methoxy groups -OCH3 is 1. The molecule has 2 N–H and O–H groups in total. The zero-order valence-corrected chi connectivity index (χ0v) is 18.8. The van der Waals surface area contributed by atoms with Crippen molar-refractivity contribution in [3.8, 4) is 5.75 Å². The van der Waals surface area contributed by atoms with Crippen molar-refractivity contribution in [3.63, 3.8) is 0 Å². The van der Waals surface area contributed by atoms with Gasteiger partial charge in [0.1, 0.15) is 5.75 Å². The first kappa shape index (κ1) is 22.8. The summed E-state index contributed by atoms with van der Waals surface area (Å²) in [4.78, 5) is 24.9. The van der Waals surface area contributed by atoms with Gasteiger partial charge in [-0.25, -0.2) is 0 Å². The number of para-hydroxylation sites is 1. The Morgan fingerprint density at radius 2 is 1.50 bits per heavy atom. The number of amides is 2. The highest BCUT2D eigenvalue weighted by Crippen LogP contribution is 2.23. The molecule has 0 bridgehead atoms. The number of carbonyl (C=O) groups excluding carboxylic acids is 2. The molecule has 0 aromatic heterocycles. The number of benzene rings is 3. The predicted molar refractivity (Wildman–Crippen MR) is 130 cm³/mol. The van der Waals surface area contributed by atoms with E-state index in [2.05, 4.69) is 31.4 Å². The maximum Gasteiger partial charge on any atom is 0.255 e. The molecule has 3 rings (SSSR count). The van der Waals surface area contributed by atoms with Crippen molar-refractivity contribution in [2.45, 2.75) is 26.2 Å². The van der Waals surface area contributed by atoms with Crippen molar-refractivity contribution in [1.82, 2.24) is 0 Å². The minimum atomic E-state index is -0.280. The van der Waals surface area contributed by atoms with Crippen molar-refractivity contribution >= 4 is 29.3 Å². The molecule has 3 aromatic rings. The van der Waals surface area contributed by atoms with Gasteiger partial charge >= 0.3 is 0 Å². The third-order valence-corrected chi connectivity index (χ3v) is 4.95. The fourth-order valence-electron chi connectivity index (χ4n) is 3.15. The third-order valence-electron chi connectivity index (χ3n) is 4.95. The summed E-state index contributed by atoms with van der Waals surface area (Å²) in [6, 6.07) is 22.1. The lowest BCUT2D eigenvalue weighted by atomic mass is 9.87. The Bertz CT molecular complexity index is 1130. The van der Waals surface area contributed by atoms with Crippen molar-refractivity contribution in [2.24, 2.45) is 0 Å². The molecule has 3 aromatic carbocycles. The summed E-state index contributed by atoms with van der Waals surface area (Å²) >= 11 is 0. The lowest BCUT2D eigenvalue weighted by Crippen LogP contribution is -2.14. The van der Waals surface area contributed by atoms with Crippen LogP contribution in [0.4, 0.5) is 11.4 Å². The van der Waals surface area contributed by atoms with Crippen molar-refractivity contribution in [1.29, 1.82) is 0 Å². The van der Waals surface area contributed by atoms with E-state index in [0.717, 1.165) is 5.56 Å². The normalized spacial score (nSPS) is 11.2. The monoisotopic (exact) mass is 428 g/mol. The van der Waals surface area contributed by atoms with Crippen LogP contribution in [0.2, 0.25) is 0 Å². The third kappa shape index (κ3) is 6.08. The Morgan fingerprint density at radius 1 is 0.844 bits per heavy atom. The number of carbonyl (C=O) groups is 2. The molecule has 5 heteroatoms. The molecular weight excluding hydrogens is 400 g/mol. The van der Waals surface area contributed by atoms with E-state index in [1.54, 1.807) is 37.5 Å². The molecule has 2 amide bonds. The van der Waals surface area contributed by atoms with Gasteiger partial charge in [0.15, 0.2) is 0 Å². The molecule has 0 spiro atoms. The van der Waals surface area contributed by atoms with Gasteiger partial charge in [0.05, 0.1) is 7.11 Å². The van der Waals surface area contributed by atoms with Crippen LogP contribution in [0.25, 0.3) is 6.08 Å². The fraction of sp³-hybridized carbons (Fsp3) is 0.185. The van der Waals surface area contributed by atoms with Crippen LogP contribution in [0.15, 0.2) is 78.9 Å². The molecule has 0 radical (unpaired) electrons. The number of hydrogen-bond donors (Lipinski definition) is 2. The number of hydrogen-bond acceptors (Lipinski definition) is 3. The summed E-state index contributed by atoms with van der Waals surface area (Å²) in [6.45, 7) is 6.40. The highest BCUT2D eigenvalue weighted by Gasteiger charge is 2.14. The summed E-state index contributed by atoms with van der Waals surface area (Å²) in [5.41, 5.74) is 3.76. The number of ether oxygens (including phenoxy) is 1. The largest absolute Gasteiger partial charge is 0.496 e. The van der Waals surface area contributed by atoms with Crippen LogP contribution in [-0.4, -0.2) is 18.9 Å². The molecular formula is C27H28N2O3. The predicted octanol–water partition coefficient (Wildman–Crippen LogP) is 5.90. The molecule has 0 aliphatic carbocycles. The van der Waals surface area contributed by atoms with Gasteiger partial charge in [0, 0.05) is 28.6 Å². The lowest BCUT2D eigenvalue weighted by Gasteiger charge is -2.19. The average molecular weight is 429 g/mol. The van der Waals surface area contributed by atoms with Gasteiger partial charge in [-0.3, -0.25) is 9.59 Å². The van der Waals surface area contributed by atoms with E-state index in [1.807, 2.05) is 48.5 Å². The van der Waals surface area contributed by atoms with Crippen LogP contribution >= 0.6 is 0 Å². The summed E-state index contributed by atoms with van der Waals surface area (Å²) < 4.78 is 5.28. The van der Waals surface area contributed by atoms with Crippen molar-refractivity contribution < 1.29 is 14.3 Å². The first-order chi connectivity index (χ1) is 15.3. The summed E-state index contributed by atoms with van der Waals surface area (Å²) in [5.74, 6) is 0.207. The van der Waals surface area contributed by atoms with Gasteiger partial charge in [0.2, 0.25) is 5.91 Å². The van der Waals surface area contributed by atoms with Crippen LogP contribution in [-0.2, 0) is 10.2 Å². The number of rotatable bonds is 6. The highest BCUT2D eigenvalue weighted by atomic mass is 16.5. The molecule has 0 saturated heterocycles. The Balaban J connectivity index is 1.64.